The molecular formula is C19H28N2O4S2. The Morgan fingerprint density at radius 1 is 1.22 bits per heavy atom. The predicted molar refractivity (Wildman–Crippen MR) is 108 cm³/mol. The molecule has 3 rings (SSSR count). The lowest BCUT2D eigenvalue weighted by molar-refractivity contribution is 0.0953. The van der Waals surface area contributed by atoms with Gasteiger partial charge in [-0.2, -0.15) is 16.1 Å². The summed E-state index contributed by atoms with van der Waals surface area (Å²) in [7, 11) is -2.08. The van der Waals surface area contributed by atoms with Gasteiger partial charge in [-0.05, 0) is 43.9 Å². The summed E-state index contributed by atoms with van der Waals surface area (Å²) >= 11 is 1.91. The molecule has 0 spiro atoms. The number of benzene rings is 1. The van der Waals surface area contributed by atoms with Crippen LogP contribution in [0, 0.1) is 0 Å². The van der Waals surface area contributed by atoms with E-state index in [4.69, 9.17) is 4.74 Å². The maximum Gasteiger partial charge on any atom is 0.255 e. The number of sulfonamides is 1. The highest BCUT2D eigenvalue weighted by Crippen LogP contribution is 2.29. The van der Waals surface area contributed by atoms with E-state index in [1.165, 1.54) is 49.2 Å². The Balaban J connectivity index is 1.66. The smallest absolute Gasteiger partial charge is 0.255 e. The van der Waals surface area contributed by atoms with Crippen molar-refractivity contribution in [3.05, 3.63) is 23.8 Å². The number of carbonyl (C=O) groups is 1. The lowest BCUT2D eigenvalue weighted by Crippen LogP contribution is -2.29. The molecule has 1 aliphatic heterocycles. The van der Waals surface area contributed by atoms with Crippen molar-refractivity contribution in [3.8, 4) is 5.75 Å². The summed E-state index contributed by atoms with van der Waals surface area (Å²) in [4.78, 5) is 12.8. The van der Waals surface area contributed by atoms with Crippen LogP contribution < -0.4 is 10.1 Å². The summed E-state index contributed by atoms with van der Waals surface area (Å²) in [6.07, 6.45) is 6.90. The van der Waals surface area contributed by atoms with Gasteiger partial charge in [0, 0.05) is 30.6 Å². The number of carbonyl (C=O) groups excluding carboxylic acids is 1. The highest BCUT2D eigenvalue weighted by molar-refractivity contribution is 7.99. The predicted octanol–water partition coefficient (Wildman–Crippen LogP) is 2.89. The molecule has 1 N–H and O–H groups in total. The van der Waals surface area contributed by atoms with Crippen LogP contribution in [0.5, 0.6) is 5.75 Å². The molecule has 0 bridgehead atoms. The Kier molecular flexibility index (Phi) is 7.05. The van der Waals surface area contributed by atoms with Crippen molar-refractivity contribution in [2.75, 3.05) is 32.5 Å². The standard InChI is InChI=1S/C19H28N2O4S2/c1-25-18-9-8-16(27(23,24)21-11-4-5-12-21)14-17(18)19(22)20-10-13-26-15-6-2-3-7-15/h8-9,14-15H,2-7,10-13H2,1H3,(H,20,22). The van der Waals surface area contributed by atoms with Gasteiger partial charge < -0.3 is 10.1 Å². The second-order valence-corrected chi connectivity index (χ2v) is 10.4. The monoisotopic (exact) mass is 412 g/mol. The number of hydrogen-bond donors (Lipinski definition) is 1. The van der Waals surface area contributed by atoms with E-state index in [-0.39, 0.29) is 16.4 Å². The minimum absolute atomic E-state index is 0.149. The van der Waals surface area contributed by atoms with Crippen LogP contribution in [0.4, 0.5) is 0 Å². The van der Waals surface area contributed by atoms with Crippen LogP contribution in [0.2, 0.25) is 0 Å². The summed E-state index contributed by atoms with van der Waals surface area (Å²) < 4.78 is 32.3. The molecule has 8 heteroatoms. The third kappa shape index (κ3) is 4.97. The van der Waals surface area contributed by atoms with E-state index in [0.717, 1.165) is 18.6 Å². The average molecular weight is 413 g/mol. The highest BCUT2D eigenvalue weighted by Gasteiger charge is 2.28. The minimum Gasteiger partial charge on any atom is -0.496 e. The molecule has 150 valence electrons. The van der Waals surface area contributed by atoms with Gasteiger partial charge in [0.05, 0.1) is 17.6 Å². The first-order valence-corrected chi connectivity index (χ1v) is 12.1. The number of methoxy groups -OCH3 is 1. The lowest BCUT2D eigenvalue weighted by Gasteiger charge is -2.17. The van der Waals surface area contributed by atoms with Crippen molar-refractivity contribution in [2.24, 2.45) is 0 Å². The van der Waals surface area contributed by atoms with Gasteiger partial charge >= 0.3 is 0 Å². The number of thioether (sulfide) groups is 1. The molecule has 27 heavy (non-hydrogen) atoms. The lowest BCUT2D eigenvalue weighted by atomic mass is 10.2. The normalized spacial score (nSPS) is 18.7. The van der Waals surface area contributed by atoms with Crippen molar-refractivity contribution in [3.63, 3.8) is 0 Å². The molecule has 2 aliphatic rings. The third-order valence-electron chi connectivity index (χ3n) is 5.16. The van der Waals surface area contributed by atoms with Crippen LogP contribution in [-0.4, -0.2) is 56.4 Å². The van der Waals surface area contributed by atoms with Gasteiger partial charge in [-0.15, -0.1) is 0 Å². The number of nitrogens with one attached hydrogen (secondary N) is 1. The SMILES string of the molecule is COc1ccc(S(=O)(=O)N2CCCC2)cc1C(=O)NCCSC1CCCC1. The van der Waals surface area contributed by atoms with Crippen LogP contribution >= 0.6 is 11.8 Å². The number of ether oxygens (including phenoxy) is 1. The first-order chi connectivity index (χ1) is 13.0. The zero-order valence-corrected chi connectivity index (χ0v) is 17.4. The molecule has 1 saturated heterocycles. The first-order valence-electron chi connectivity index (χ1n) is 9.60. The zero-order chi connectivity index (χ0) is 19.3. The summed E-state index contributed by atoms with van der Waals surface area (Å²) in [6.45, 7) is 1.63. The minimum atomic E-state index is -3.56. The number of hydrogen-bond acceptors (Lipinski definition) is 5. The Hall–Kier alpha value is -1.25. The van der Waals surface area contributed by atoms with Gasteiger partial charge in [0.15, 0.2) is 0 Å². The number of nitrogens with zero attached hydrogens (tertiary/aromatic N) is 1. The topological polar surface area (TPSA) is 75.7 Å². The van der Waals surface area contributed by atoms with E-state index < -0.39 is 10.0 Å². The molecule has 0 aromatic heterocycles. The van der Waals surface area contributed by atoms with Crippen molar-refractivity contribution in [2.45, 2.75) is 48.7 Å². The quantitative estimate of drug-likeness (QED) is 0.665. The molecule has 1 aliphatic carbocycles. The molecule has 6 nitrogen and oxygen atoms in total. The Morgan fingerprint density at radius 3 is 2.59 bits per heavy atom. The maximum absolute atomic E-state index is 12.8. The van der Waals surface area contributed by atoms with Gasteiger partial charge in [0.25, 0.3) is 5.91 Å². The second kappa shape index (κ2) is 9.30. The van der Waals surface area contributed by atoms with Gasteiger partial charge in [-0.3, -0.25) is 4.79 Å². The molecular weight excluding hydrogens is 384 g/mol. The molecule has 1 amide bonds. The Labute approximate surface area is 166 Å². The van der Waals surface area contributed by atoms with Crippen molar-refractivity contribution in [1.29, 1.82) is 0 Å². The molecule has 1 heterocycles. The van der Waals surface area contributed by atoms with E-state index in [1.54, 1.807) is 6.07 Å². The van der Waals surface area contributed by atoms with E-state index in [0.29, 0.717) is 30.6 Å². The first kappa shape index (κ1) is 20.5. The second-order valence-electron chi connectivity index (χ2n) is 7.01. The molecule has 0 radical (unpaired) electrons. The van der Waals surface area contributed by atoms with Crippen LogP contribution in [-0.2, 0) is 10.0 Å². The summed E-state index contributed by atoms with van der Waals surface area (Å²) in [5.41, 5.74) is 0.267. The van der Waals surface area contributed by atoms with Gasteiger partial charge in [-0.25, -0.2) is 8.42 Å². The van der Waals surface area contributed by atoms with E-state index in [2.05, 4.69) is 5.32 Å². The largest absolute Gasteiger partial charge is 0.496 e. The summed E-state index contributed by atoms with van der Waals surface area (Å²) in [6, 6.07) is 4.51. The summed E-state index contributed by atoms with van der Waals surface area (Å²) in [5.74, 6) is 0.957. The van der Waals surface area contributed by atoms with E-state index >= 15 is 0 Å². The van der Waals surface area contributed by atoms with Crippen molar-refractivity contribution >= 4 is 27.7 Å². The Morgan fingerprint density at radius 2 is 1.93 bits per heavy atom. The molecule has 1 saturated carbocycles. The molecule has 0 atom stereocenters. The van der Waals surface area contributed by atoms with E-state index in [1.807, 2.05) is 11.8 Å². The molecule has 0 unspecified atom stereocenters. The number of rotatable bonds is 8. The fourth-order valence-electron chi connectivity index (χ4n) is 3.64. The highest BCUT2D eigenvalue weighted by atomic mass is 32.2. The van der Waals surface area contributed by atoms with Crippen LogP contribution in [0.15, 0.2) is 23.1 Å². The van der Waals surface area contributed by atoms with Crippen LogP contribution in [0.3, 0.4) is 0 Å². The zero-order valence-electron chi connectivity index (χ0n) is 15.8. The van der Waals surface area contributed by atoms with Gasteiger partial charge in [-0.1, -0.05) is 12.8 Å². The molecule has 1 aromatic carbocycles. The Bertz CT molecular complexity index is 755. The van der Waals surface area contributed by atoms with Crippen LogP contribution in [0.25, 0.3) is 0 Å². The van der Waals surface area contributed by atoms with Crippen molar-refractivity contribution in [1.82, 2.24) is 9.62 Å². The molecule has 2 fully saturated rings. The number of amides is 1. The van der Waals surface area contributed by atoms with Gasteiger partial charge in [0.1, 0.15) is 5.75 Å². The summed E-state index contributed by atoms with van der Waals surface area (Å²) in [5, 5.41) is 3.61. The van der Waals surface area contributed by atoms with Gasteiger partial charge in [0.2, 0.25) is 10.0 Å². The average Bonchev–Trinajstić information content (AvgIpc) is 3.38. The molecule has 1 aromatic rings. The fraction of sp³-hybridized carbons (Fsp3) is 0.632. The fourth-order valence-corrected chi connectivity index (χ4v) is 6.41. The van der Waals surface area contributed by atoms with E-state index in [9.17, 15) is 13.2 Å². The third-order valence-corrected chi connectivity index (χ3v) is 8.44. The van der Waals surface area contributed by atoms with Crippen molar-refractivity contribution < 1.29 is 17.9 Å². The van der Waals surface area contributed by atoms with Crippen LogP contribution in [0.1, 0.15) is 48.9 Å². The maximum atomic E-state index is 12.8.